The van der Waals surface area contributed by atoms with Gasteiger partial charge in [-0.1, -0.05) is 50.8 Å². The lowest BCUT2D eigenvalue weighted by molar-refractivity contribution is 0.0734. The zero-order chi connectivity index (χ0) is 21.6. The molecule has 0 N–H and O–H groups in total. The van der Waals surface area contributed by atoms with E-state index in [-0.39, 0.29) is 5.75 Å². The number of rotatable bonds is 6. The molecule has 0 unspecified atom stereocenters. The number of ether oxygens (including phenoxy) is 1. The van der Waals surface area contributed by atoms with Gasteiger partial charge in [-0.2, -0.15) is 0 Å². The van der Waals surface area contributed by atoms with E-state index in [1.54, 1.807) is 6.07 Å². The Hall–Kier alpha value is -2.16. The van der Waals surface area contributed by atoms with E-state index in [0.29, 0.717) is 11.5 Å². The third kappa shape index (κ3) is 5.75. The molecular weight excluding hydrogens is 387 g/mol. The van der Waals surface area contributed by atoms with Crippen molar-refractivity contribution in [2.24, 2.45) is 17.8 Å². The molecule has 2 aromatic carbocycles. The predicted molar refractivity (Wildman–Crippen MR) is 123 cm³/mol. The first kappa shape index (κ1) is 22.0. The van der Waals surface area contributed by atoms with Crippen molar-refractivity contribution in [3.8, 4) is 5.75 Å². The van der Waals surface area contributed by atoms with E-state index in [0.717, 1.165) is 17.8 Å². The highest BCUT2D eigenvalue weighted by molar-refractivity contribution is 5.91. The SMILES string of the molecule is CCCC1CCC(C2CCC(c3ccc(C(=O)Oc4cccc(F)c4)cc3)CC2)CC1. The van der Waals surface area contributed by atoms with Gasteiger partial charge >= 0.3 is 5.97 Å². The van der Waals surface area contributed by atoms with Gasteiger partial charge in [0.2, 0.25) is 0 Å². The van der Waals surface area contributed by atoms with Crippen LogP contribution in [0.4, 0.5) is 4.39 Å². The maximum absolute atomic E-state index is 13.3. The van der Waals surface area contributed by atoms with Gasteiger partial charge in [0.05, 0.1) is 5.56 Å². The van der Waals surface area contributed by atoms with Crippen LogP contribution in [0.25, 0.3) is 0 Å². The van der Waals surface area contributed by atoms with Gasteiger partial charge in [0.25, 0.3) is 0 Å². The monoisotopic (exact) mass is 422 g/mol. The normalized spacial score (nSPS) is 26.4. The van der Waals surface area contributed by atoms with E-state index in [1.807, 2.05) is 12.1 Å². The third-order valence-corrected chi connectivity index (χ3v) is 7.65. The lowest BCUT2D eigenvalue weighted by atomic mass is 9.68. The zero-order valence-electron chi connectivity index (χ0n) is 18.7. The molecule has 2 nitrogen and oxygen atoms in total. The number of halogens is 1. The fraction of sp³-hybridized carbons (Fsp3) is 0.536. The molecule has 0 aromatic heterocycles. The molecule has 166 valence electrons. The minimum atomic E-state index is -0.445. The predicted octanol–water partition coefficient (Wildman–Crippen LogP) is 7.93. The van der Waals surface area contributed by atoms with Gasteiger partial charge in [0, 0.05) is 6.07 Å². The summed E-state index contributed by atoms with van der Waals surface area (Å²) in [4.78, 5) is 12.4. The van der Waals surface area contributed by atoms with Crippen molar-refractivity contribution in [3.05, 3.63) is 65.5 Å². The van der Waals surface area contributed by atoms with Crippen molar-refractivity contribution >= 4 is 5.97 Å². The van der Waals surface area contributed by atoms with Gasteiger partial charge < -0.3 is 4.74 Å². The number of carbonyl (C=O) groups is 1. The molecule has 2 aromatic rings. The van der Waals surface area contributed by atoms with Crippen LogP contribution in [-0.4, -0.2) is 5.97 Å². The highest BCUT2D eigenvalue weighted by Crippen LogP contribution is 2.44. The van der Waals surface area contributed by atoms with Crippen LogP contribution in [0.15, 0.2) is 48.5 Å². The second-order valence-corrected chi connectivity index (χ2v) is 9.65. The quantitative estimate of drug-likeness (QED) is 0.349. The molecule has 0 bridgehead atoms. The Morgan fingerprint density at radius 2 is 1.55 bits per heavy atom. The van der Waals surface area contributed by atoms with Crippen molar-refractivity contribution in [1.29, 1.82) is 0 Å². The van der Waals surface area contributed by atoms with Crippen molar-refractivity contribution in [2.75, 3.05) is 0 Å². The van der Waals surface area contributed by atoms with Crippen LogP contribution in [0.1, 0.15) is 93.0 Å². The molecule has 3 heteroatoms. The molecule has 2 aliphatic carbocycles. The van der Waals surface area contributed by atoms with E-state index in [1.165, 1.54) is 88.0 Å². The molecule has 0 spiro atoms. The average molecular weight is 423 g/mol. The van der Waals surface area contributed by atoms with Crippen LogP contribution < -0.4 is 4.74 Å². The summed E-state index contributed by atoms with van der Waals surface area (Å²) in [6.45, 7) is 2.31. The maximum Gasteiger partial charge on any atom is 0.343 e. The van der Waals surface area contributed by atoms with E-state index < -0.39 is 11.8 Å². The molecule has 2 aliphatic rings. The molecular formula is C28H35FO2. The van der Waals surface area contributed by atoms with E-state index in [9.17, 15) is 9.18 Å². The Bertz CT molecular complexity index is 844. The van der Waals surface area contributed by atoms with E-state index in [4.69, 9.17) is 4.74 Å². The molecule has 0 saturated heterocycles. The van der Waals surface area contributed by atoms with Gasteiger partial charge in [-0.25, -0.2) is 9.18 Å². The second kappa shape index (κ2) is 10.4. The van der Waals surface area contributed by atoms with Gasteiger partial charge in [-0.15, -0.1) is 0 Å². The Morgan fingerprint density at radius 1 is 0.903 bits per heavy atom. The highest BCUT2D eigenvalue weighted by Gasteiger charge is 2.31. The van der Waals surface area contributed by atoms with Gasteiger partial charge in [0.15, 0.2) is 0 Å². The number of hydrogen-bond donors (Lipinski definition) is 0. The molecule has 0 atom stereocenters. The van der Waals surface area contributed by atoms with Gasteiger partial charge in [-0.05, 0) is 92.0 Å². The second-order valence-electron chi connectivity index (χ2n) is 9.65. The lowest BCUT2D eigenvalue weighted by Crippen LogP contribution is -2.25. The van der Waals surface area contributed by atoms with Crippen molar-refractivity contribution < 1.29 is 13.9 Å². The van der Waals surface area contributed by atoms with Crippen LogP contribution >= 0.6 is 0 Å². The summed E-state index contributed by atoms with van der Waals surface area (Å²) in [5.41, 5.74) is 1.83. The molecule has 0 aliphatic heterocycles. The first-order valence-corrected chi connectivity index (χ1v) is 12.2. The number of esters is 1. The zero-order valence-corrected chi connectivity index (χ0v) is 18.7. The summed E-state index contributed by atoms with van der Waals surface area (Å²) in [7, 11) is 0. The minimum absolute atomic E-state index is 0.233. The van der Waals surface area contributed by atoms with Crippen LogP contribution in [0.3, 0.4) is 0 Å². The van der Waals surface area contributed by atoms with Crippen molar-refractivity contribution in [2.45, 2.75) is 77.0 Å². The standard InChI is InChI=1S/C28H35FO2/c1-2-4-20-7-9-21(10-8-20)22-11-13-23(14-12-22)24-15-17-25(18-16-24)28(30)31-27-6-3-5-26(29)19-27/h3,5-6,15-23H,2,4,7-14H2,1H3. The minimum Gasteiger partial charge on any atom is -0.423 e. The van der Waals surface area contributed by atoms with Gasteiger partial charge in [-0.3, -0.25) is 0 Å². The number of carbonyl (C=O) groups excluding carboxylic acids is 1. The molecule has 2 fully saturated rings. The Kier molecular flexibility index (Phi) is 7.42. The molecule has 0 heterocycles. The molecule has 31 heavy (non-hydrogen) atoms. The Labute approximate surface area is 186 Å². The van der Waals surface area contributed by atoms with Crippen molar-refractivity contribution in [3.63, 3.8) is 0 Å². The summed E-state index contributed by atoms with van der Waals surface area (Å²) < 4.78 is 18.6. The highest BCUT2D eigenvalue weighted by atomic mass is 19.1. The van der Waals surface area contributed by atoms with E-state index in [2.05, 4.69) is 19.1 Å². The Balaban J connectivity index is 1.27. The fourth-order valence-electron chi connectivity index (χ4n) is 5.87. The topological polar surface area (TPSA) is 26.3 Å². The fourth-order valence-corrected chi connectivity index (χ4v) is 5.87. The first-order valence-electron chi connectivity index (χ1n) is 12.2. The van der Waals surface area contributed by atoms with E-state index >= 15 is 0 Å². The summed E-state index contributed by atoms with van der Waals surface area (Å²) in [6.07, 6.45) is 13.8. The largest absolute Gasteiger partial charge is 0.423 e. The summed E-state index contributed by atoms with van der Waals surface area (Å²) in [6, 6.07) is 13.5. The van der Waals surface area contributed by atoms with Crippen LogP contribution in [0.2, 0.25) is 0 Å². The van der Waals surface area contributed by atoms with Crippen molar-refractivity contribution in [1.82, 2.24) is 0 Å². The summed E-state index contributed by atoms with van der Waals surface area (Å²) >= 11 is 0. The maximum atomic E-state index is 13.3. The lowest BCUT2D eigenvalue weighted by Gasteiger charge is -2.38. The van der Waals surface area contributed by atoms with Crippen LogP contribution in [-0.2, 0) is 0 Å². The average Bonchev–Trinajstić information content (AvgIpc) is 2.80. The number of hydrogen-bond acceptors (Lipinski definition) is 2. The summed E-state index contributed by atoms with van der Waals surface area (Å²) in [5, 5.41) is 0. The van der Waals surface area contributed by atoms with Crippen LogP contribution in [0.5, 0.6) is 5.75 Å². The summed E-state index contributed by atoms with van der Waals surface area (Å²) in [5.74, 6) is 2.83. The molecule has 4 rings (SSSR count). The third-order valence-electron chi connectivity index (χ3n) is 7.65. The number of benzene rings is 2. The molecule has 0 amide bonds. The first-order chi connectivity index (χ1) is 15.1. The van der Waals surface area contributed by atoms with Gasteiger partial charge in [0.1, 0.15) is 11.6 Å². The molecule has 0 radical (unpaired) electrons. The van der Waals surface area contributed by atoms with Crippen LogP contribution in [0, 0.1) is 23.6 Å². The molecule has 2 saturated carbocycles. The smallest absolute Gasteiger partial charge is 0.343 e. The Morgan fingerprint density at radius 3 is 2.16 bits per heavy atom.